The molecule has 2 amide bonds. The molecule has 2 aliphatic rings. The third-order valence-corrected chi connectivity index (χ3v) is 5.15. The lowest BCUT2D eigenvalue weighted by Gasteiger charge is -2.38. The van der Waals surface area contributed by atoms with E-state index >= 15 is 0 Å². The molecule has 25 heavy (non-hydrogen) atoms. The summed E-state index contributed by atoms with van der Waals surface area (Å²) >= 11 is 0. The zero-order valence-electron chi connectivity index (χ0n) is 14.7. The number of nitrogens with zero attached hydrogens (tertiary/aromatic N) is 3. The smallest absolute Gasteiger partial charge is 0.228 e. The highest BCUT2D eigenvalue weighted by molar-refractivity contribution is 5.79. The third-order valence-electron chi connectivity index (χ3n) is 5.15. The van der Waals surface area contributed by atoms with Gasteiger partial charge in [0.2, 0.25) is 11.8 Å². The van der Waals surface area contributed by atoms with Gasteiger partial charge in [-0.2, -0.15) is 0 Å². The highest BCUT2D eigenvalue weighted by Gasteiger charge is 2.45. The van der Waals surface area contributed by atoms with E-state index in [9.17, 15) is 14.0 Å². The maximum atomic E-state index is 12.9. The van der Waals surface area contributed by atoms with Gasteiger partial charge in [-0.05, 0) is 31.4 Å². The van der Waals surface area contributed by atoms with E-state index in [1.165, 1.54) is 12.1 Å². The summed E-state index contributed by atoms with van der Waals surface area (Å²) in [5, 5.41) is 0. The SMILES string of the molecule is CN(C)C(=O)[C@@H]1COC2(CCN(C(=O)Cc3ccc(F)cn3)CC2)C1. The van der Waals surface area contributed by atoms with Crippen LogP contribution in [0.15, 0.2) is 18.3 Å². The number of aromatic nitrogens is 1. The van der Waals surface area contributed by atoms with E-state index in [0.29, 0.717) is 25.4 Å². The van der Waals surface area contributed by atoms with Crippen LogP contribution in [0.1, 0.15) is 25.0 Å². The van der Waals surface area contributed by atoms with Crippen molar-refractivity contribution in [3.8, 4) is 0 Å². The van der Waals surface area contributed by atoms with Gasteiger partial charge < -0.3 is 14.5 Å². The number of ether oxygens (including phenoxy) is 1. The van der Waals surface area contributed by atoms with Gasteiger partial charge in [0.25, 0.3) is 0 Å². The number of pyridine rings is 1. The van der Waals surface area contributed by atoms with Crippen molar-refractivity contribution in [2.45, 2.75) is 31.3 Å². The molecule has 1 atom stereocenters. The minimum atomic E-state index is -0.406. The standard InChI is InChI=1S/C18H24FN3O3/c1-21(2)17(24)13-10-18(25-12-13)5-7-22(8-6-18)16(23)9-15-4-3-14(19)11-20-15/h3-4,11,13H,5-10,12H2,1-2H3/t13-/m0/s1. The molecule has 0 radical (unpaired) electrons. The van der Waals surface area contributed by atoms with Gasteiger partial charge in [-0.15, -0.1) is 0 Å². The van der Waals surface area contributed by atoms with E-state index in [4.69, 9.17) is 4.74 Å². The minimum absolute atomic E-state index is 0.00660. The van der Waals surface area contributed by atoms with Crippen molar-refractivity contribution in [2.75, 3.05) is 33.8 Å². The van der Waals surface area contributed by atoms with Crippen molar-refractivity contribution >= 4 is 11.8 Å². The van der Waals surface area contributed by atoms with Crippen molar-refractivity contribution in [3.05, 3.63) is 29.8 Å². The molecule has 0 aliphatic carbocycles. The first-order chi connectivity index (χ1) is 11.9. The maximum Gasteiger partial charge on any atom is 0.228 e. The molecule has 0 N–H and O–H groups in total. The number of piperidine rings is 1. The molecule has 0 unspecified atom stereocenters. The van der Waals surface area contributed by atoms with Crippen LogP contribution < -0.4 is 0 Å². The zero-order valence-corrected chi connectivity index (χ0v) is 14.7. The number of hydrogen-bond donors (Lipinski definition) is 0. The minimum Gasteiger partial charge on any atom is -0.374 e. The number of carbonyl (C=O) groups is 2. The normalized spacial score (nSPS) is 22.2. The van der Waals surface area contributed by atoms with Crippen LogP contribution in [0.4, 0.5) is 4.39 Å². The van der Waals surface area contributed by atoms with Gasteiger partial charge >= 0.3 is 0 Å². The monoisotopic (exact) mass is 349 g/mol. The number of likely N-dealkylation sites (tertiary alicyclic amines) is 1. The molecule has 1 aromatic heterocycles. The Hall–Kier alpha value is -2.02. The quantitative estimate of drug-likeness (QED) is 0.824. The van der Waals surface area contributed by atoms with Gasteiger partial charge in [-0.1, -0.05) is 0 Å². The Kier molecular flexibility index (Phi) is 5.03. The second kappa shape index (κ2) is 7.07. The Morgan fingerprint density at radius 3 is 2.68 bits per heavy atom. The molecule has 0 saturated carbocycles. The molecule has 0 bridgehead atoms. The number of halogens is 1. The first-order valence-corrected chi connectivity index (χ1v) is 8.62. The summed E-state index contributed by atoms with van der Waals surface area (Å²) < 4.78 is 18.9. The van der Waals surface area contributed by atoms with Gasteiger partial charge in [0.05, 0.1) is 30.7 Å². The topological polar surface area (TPSA) is 62.7 Å². The molecular formula is C18H24FN3O3. The average molecular weight is 349 g/mol. The first-order valence-electron chi connectivity index (χ1n) is 8.62. The van der Waals surface area contributed by atoms with E-state index < -0.39 is 5.82 Å². The first kappa shape index (κ1) is 17.8. The highest BCUT2D eigenvalue weighted by atomic mass is 19.1. The predicted octanol–water partition coefficient (Wildman–Crippen LogP) is 1.25. The van der Waals surface area contributed by atoms with E-state index in [2.05, 4.69) is 4.98 Å². The number of carbonyl (C=O) groups excluding carboxylic acids is 2. The molecule has 136 valence electrons. The van der Waals surface area contributed by atoms with Crippen molar-refractivity contribution in [1.29, 1.82) is 0 Å². The van der Waals surface area contributed by atoms with Gasteiger partial charge in [0, 0.05) is 32.9 Å². The molecule has 3 heterocycles. The summed E-state index contributed by atoms with van der Waals surface area (Å²) in [5.74, 6) is -0.386. The molecule has 2 saturated heterocycles. The van der Waals surface area contributed by atoms with Crippen LogP contribution in [0.5, 0.6) is 0 Å². The van der Waals surface area contributed by atoms with Crippen LogP contribution in [0.25, 0.3) is 0 Å². The molecule has 0 aromatic carbocycles. The van der Waals surface area contributed by atoms with E-state index in [1.807, 2.05) is 0 Å². The lowest BCUT2D eigenvalue weighted by atomic mass is 9.85. The fraction of sp³-hybridized carbons (Fsp3) is 0.611. The second-order valence-corrected chi connectivity index (χ2v) is 7.15. The molecule has 1 aromatic rings. The molecule has 6 nitrogen and oxygen atoms in total. The molecule has 1 spiro atoms. The summed E-state index contributed by atoms with van der Waals surface area (Å²) in [5.41, 5.74) is 0.293. The van der Waals surface area contributed by atoms with Crippen LogP contribution in [-0.2, 0) is 20.7 Å². The summed E-state index contributed by atoms with van der Waals surface area (Å²) in [6.07, 6.45) is 3.52. The highest BCUT2D eigenvalue weighted by Crippen LogP contribution is 2.39. The maximum absolute atomic E-state index is 12.9. The Bertz CT molecular complexity index is 639. The number of amides is 2. The van der Waals surface area contributed by atoms with Crippen LogP contribution in [0.2, 0.25) is 0 Å². The Morgan fingerprint density at radius 2 is 2.08 bits per heavy atom. The number of rotatable bonds is 3. The number of hydrogen-bond acceptors (Lipinski definition) is 4. The molecule has 7 heteroatoms. The van der Waals surface area contributed by atoms with Gasteiger partial charge in [-0.3, -0.25) is 14.6 Å². The predicted molar refractivity (Wildman–Crippen MR) is 89.2 cm³/mol. The molecule has 3 rings (SSSR count). The van der Waals surface area contributed by atoms with Crippen LogP contribution in [0, 0.1) is 11.7 Å². The molecular weight excluding hydrogens is 325 g/mol. The summed E-state index contributed by atoms with van der Waals surface area (Å²) in [7, 11) is 3.52. The summed E-state index contributed by atoms with van der Waals surface area (Å²) in [6, 6.07) is 2.85. The van der Waals surface area contributed by atoms with Crippen molar-refractivity contribution in [2.24, 2.45) is 5.92 Å². The van der Waals surface area contributed by atoms with Gasteiger partial charge in [-0.25, -0.2) is 4.39 Å². The molecule has 2 aliphatic heterocycles. The molecule has 2 fully saturated rings. The van der Waals surface area contributed by atoms with Gasteiger partial charge in [0.1, 0.15) is 5.82 Å². The Balaban J connectivity index is 1.52. The van der Waals surface area contributed by atoms with Gasteiger partial charge in [0.15, 0.2) is 0 Å². The van der Waals surface area contributed by atoms with E-state index in [1.54, 1.807) is 23.9 Å². The lowest BCUT2D eigenvalue weighted by molar-refractivity contribution is -0.135. The van der Waals surface area contributed by atoms with Crippen LogP contribution in [-0.4, -0.2) is 66.0 Å². The Morgan fingerprint density at radius 1 is 1.36 bits per heavy atom. The van der Waals surface area contributed by atoms with Crippen molar-refractivity contribution in [3.63, 3.8) is 0 Å². The van der Waals surface area contributed by atoms with Crippen LogP contribution in [0.3, 0.4) is 0 Å². The zero-order chi connectivity index (χ0) is 18.0. The van der Waals surface area contributed by atoms with E-state index in [0.717, 1.165) is 25.5 Å². The van der Waals surface area contributed by atoms with Crippen molar-refractivity contribution < 1.29 is 18.7 Å². The fourth-order valence-corrected chi connectivity index (χ4v) is 3.66. The summed E-state index contributed by atoms with van der Waals surface area (Å²) in [4.78, 5) is 31.9. The fourth-order valence-electron chi connectivity index (χ4n) is 3.66. The second-order valence-electron chi connectivity index (χ2n) is 7.15. The largest absolute Gasteiger partial charge is 0.374 e. The summed E-state index contributed by atoms with van der Waals surface area (Å²) in [6.45, 7) is 1.69. The average Bonchev–Trinajstić information content (AvgIpc) is 3.00. The lowest BCUT2D eigenvalue weighted by Crippen LogP contribution is -2.47. The van der Waals surface area contributed by atoms with Crippen molar-refractivity contribution in [1.82, 2.24) is 14.8 Å². The Labute approximate surface area is 147 Å². The third kappa shape index (κ3) is 3.98. The van der Waals surface area contributed by atoms with Crippen LogP contribution >= 0.6 is 0 Å². The van der Waals surface area contributed by atoms with E-state index in [-0.39, 0.29) is 29.8 Å².